The van der Waals surface area contributed by atoms with E-state index >= 15 is 0 Å². The number of nitrogens with zero attached hydrogens (tertiary/aromatic N) is 3. The molecule has 0 bridgehead atoms. The number of halogens is 1. The number of aromatic nitrogens is 1. The summed E-state index contributed by atoms with van der Waals surface area (Å²) in [7, 11) is 1.70. The Hall–Kier alpha value is -1.81. The van der Waals surface area contributed by atoms with Crippen LogP contribution < -0.4 is 15.5 Å². The first kappa shape index (κ1) is 23.5. The summed E-state index contributed by atoms with van der Waals surface area (Å²) in [6.07, 6.45) is 6.58. The number of aryl methyl sites for hydroxylation is 1. The number of furan rings is 1. The van der Waals surface area contributed by atoms with Crippen molar-refractivity contribution in [3.63, 3.8) is 0 Å². The minimum absolute atomic E-state index is 0. The number of hydrogen-bond acceptors (Lipinski definition) is 5. The van der Waals surface area contributed by atoms with E-state index in [1.165, 1.54) is 5.56 Å². The van der Waals surface area contributed by atoms with E-state index in [1.54, 1.807) is 13.4 Å². The molecular formula is C21H32IN5O2. The van der Waals surface area contributed by atoms with E-state index in [0.717, 1.165) is 56.4 Å². The van der Waals surface area contributed by atoms with Gasteiger partial charge < -0.3 is 24.7 Å². The fourth-order valence-corrected chi connectivity index (χ4v) is 3.25. The minimum Gasteiger partial charge on any atom is -0.469 e. The van der Waals surface area contributed by atoms with Crippen LogP contribution >= 0.6 is 24.0 Å². The molecule has 29 heavy (non-hydrogen) atoms. The van der Waals surface area contributed by atoms with Crippen LogP contribution in [0.25, 0.3) is 0 Å². The lowest BCUT2D eigenvalue weighted by atomic mass is 10.1. The number of guanidine groups is 1. The van der Waals surface area contributed by atoms with Gasteiger partial charge in [0.05, 0.1) is 19.4 Å². The number of aliphatic imine (C=N–C) groups is 1. The first-order valence-corrected chi connectivity index (χ1v) is 9.98. The first-order valence-electron chi connectivity index (χ1n) is 9.98. The second-order valence-electron chi connectivity index (χ2n) is 7.08. The van der Waals surface area contributed by atoms with Gasteiger partial charge in [0.1, 0.15) is 11.6 Å². The Morgan fingerprint density at radius 1 is 1.31 bits per heavy atom. The number of rotatable bonds is 8. The third-order valence-corrected chi connectivity index (χ3v) is 4.86. The number of ether oxygens (including phenoxy) is 1. The molecule has 0 spiro atoms. The molecule has 0 saturated carbocycles. The van der Waals surface area contributed by atoms with E-state index in [9.17, 15) is 0 Å². The van der Waals surface area contributed by atoms with E-state index < -0.39 is 0 Å². The maximum absolute atomic E-state index is 5.39. The number of piperidine rings is 1. The van der Waals surface area contributed by atoms with Crippen LogP contribution in [0.3, 0.4) is 0 Å². The molecule has 7 nitrogen and oxygen atoms in total. The predicted octanol–water partition coefficient (Wildman–Crippen LogP) is 2.99. The van der Waals surface area contributed by atoms with Gasteiger partial charge in [0.15, 0.2) is 5.96 Å². The van der Waals surface area contributed by atoms with Crippen LogP contribution in [-0.2, 0) is 11.2 Å². The molecule has 2 N–H and O–H groups in total. The standard InChI is InChI=1S/C21H31N5O2.HI/c1-17-5-6-20(24-16-17)26-12-8-18(9-13-26)25-21(23-11-15-27-2)22-10-7-19-4-3-14-28-19;/h3-6,14,16,18H,7-13,15H2,1-2H3,(H2,22,23,25);1H. The number of nitrogens with one attached hydrogen (secondary N) is 2. The average Bonchev–Trinajstić information content (AvgIpc) is 3.23. The number of methoxy groups -OCH3 is 1. The van der Waals surface area contributed by atoms with Gasteiger partial charge in [-0.2, -0.15) is 0 Å². The van der Waals surface area contributed by atoms with Crippen LogP contribution in [-0.4, -0.2) is 56.9 Å². The van der Waals surface area contributed by atoms with Crippen molar-refractivity contribution in [3.8, 4) is 0 Å². The van der Waals surface area contributed by atoms with Crippen molar-refractivity contribution in [2.45, 2.75) is 32.2 Å². The highest BCUT2D eigenvalue weighted by Gasteiger charge is 2.21. The molecule has 2 aromatic heterocycles. The molecule has 8 heteroatoms. The molecule has 3 rings (SSSR count). The predicted molar refractivity (Wildman–Crippen MR) is 127 cm³/mol. The maximum atomic E-state index is 5.39. The Balaban J connectivity index is 0.00000300. The van der Waals surface area contributed by atoms with E-state index in [1.807, 2.05) is 18.3 Å². The van der Waals surface area contributed by atoms with Gasteiger partial charge in [0, 0.05) is 45.4 Å². The first-order chi connectivity index (χ1) is 13.7. The number of anilines is 1. The Labute approximate surface area is 190 Å². The molecule has 1 fully saturated rings. The lowest BCUT2D eigenvalue weighted by Gasteiger charge is -2.34. The molecule has 1 aliphatic heterocycles. The smallest absolute Gasteiger partial charge is 0.191 e. The monoisotopic (exact) mass is 513 g/mol. The number of pyridine rings is 1. The van der Waals surface area contributed by atoms with Crippen molar-refractivity contribution in [1.29, 1.82) is 0 Å². The molecule has 0 aliphatic carbocycles. The lowest BCUT2D eigenvalue weighted by Crippen LogP contribution is -2.49. The van der Waals surface area contributed by atoms with E-state index in [4.69, 9.17) is 9.15 Å². The molecule has 160 valence electrons. The Bertz CT molecular complexity index is 713. The van der Waals surface area contributed by atoms with Crippen LogP contribution in [0.4, 0.5) is 5.82 Å². The van der Waals surface area contributed by atoms with E-state index in [0.29, 0.717) is 19.2 Å². The van der Waals surface area contributed by atoms with Crippen LogP contribution in [0.2, 0.25) is 0 Å². The van der Waals surface area contributed by atoms with Crippen molar-refractivity contribution >= 4 is 35.8 Å². The summed E-state index contributed by atoms with van der Waals surface area (Å²) in [5.41, 5.74) is 1.19. The summed E-state index contributed by atoms with van der Waals surface area (Å²) in [6, 6.07) is 8.54. The summed E-state index contributed by atoms with van der Waals surface area (Å²) in [6.45, 7) is 6.08. The highest BCUT2D eigenvalue weighted by molar-refractivity contribution is 14.0. The minimum atomic E-state index is 0. The van der Waals surface area contributed by atoms with Crippen molar-refractivity contribution in [3.05, 3.63) is 48.0 Å². The van der Waals surface area contributed by atoms with Crippen LogP contribution in [0.1, 0.15) is 24.2 Å². The summed E-state index contributed by atoms with van der Waals surface area (Å²) >= 11 is 0. The SMILES string of the molecule is COCCN=C(NCCc1ccco1)NC1CCN(c2ccc(C)cn2)CC1.I. The largest absolute Gasteiger partial charge is 0.469 e. The van der Waals surface area contributed by atoms with E-state index in [-0.39, 0.29) is 24.0 Å². The van der Waals surface area contributed by atoms with E-state index in [2.05, 4.69) is 44.6 Å². The third kappa shape index (κ3) is 7.85. The van der Waals surface area contributed by atoms with Crippen LogP contribution in [0.15, 0.2) is 46.1 Å². The zero-order chi connectivity index (χ0) is 19.6. The zero-order valence-electron chi connectivity index (χ0n) is 17.3. The van der Waals surface area contributed by atoms with Gasteiger partial charge >= 0.3 is 0 Å². The molecule has 3 heterocycles. The van der Waals surface area contributed by atoms with Gasteiger partial charge in [-0.05, 0) is 43.5 Å². The molecule has 1 aliphatic rings. The second kappa shape index (κ2) is 12.7. The van der Waals surface area contributed by atoms with Crippen molar-refractivity contribution in [2.24, 2.45) is 4.99 Å². The summed E-state index contributed by atoms with van der Waals surface area (Å²) < 4.78 is 10.5. The fraction of sp³-hybridized carbons (Fsp3) is 0.524. The molecule has 1 saturated heterocycles. The van der Waals surface area contributed by atoms with Gasteiger partial charge in [-0.1, -0.05) is 6.07 Å². The van der Waals surface area contributed by atoms with Gasteiger partial charge in [-0.15, -0.1) is 24.0 Å². The lowest BCUT2D eigenvalue weighted by molar-refractivity contribution is 0.207. The second-order valence-corrected chi connectivity index (χ2v) is 7.08. The summed E-state index contributed by atoms with van der Waals surface area (Å²) in [5.74, 6) is 2.88. The summed E-state index contributed by atoms with van der Waals surface area (Å²) in [5, 5.41) is 6.99. The highest BCUT2D eigenvalue weighted by atomic mass is 127. The highest BCUT2D eigenvalue weighted by Crippen LogP contribution is 2.18. The Morgan fingerprint density at radius 3 is 2.79 bits per heavy atom. The average molecular weight is 513 g/mol. The van der Waals surface area contributed by atoms with Gasteiger partial charge in [0.2, 0.25) is 0 Å². The molecule has 0 radical (unpaired) electrons. The quantitative estimate of drug-likeness (QED) is 0.245. The van der Waals surface area contributed by atoms with Gasteiger partial charge in [-0.3, -0.25) is 4.99 Å². The molecule has 0 aromatic carbocycles. The summed E-state index contributed by atoms with van der Waals surface area (Å²) in [4.78, 5) is 11.5. The van der Waals surface area contributed by atoms with Gasteiger partial charge in [-0.25, -0.2) is 4.98 Å². The Kier molecular flexibility index (Phi) is 10.3. The van der Waals surface area contributed by atoms with Crippen LogP contribution in [0.5, 0.6) is 0 Å². The third-order valence-electron chi connectivity index (χ3n) is 4.86. The Morgan fingerprint density at radius 2 is 2.14 bits per heavy atom. The van der Waals surface area contributed by atoms with Gasteiger partial charge in [0.25, 0.3) is 0 Å². The molecular weight excluding hydrogens is 481 g/mol. The molecule has 0 unspecified atom stereocenters. The molecule has 0 atom stereocenters. The zero-order valence-corrected chi connectivity index (χ0v) is 19.6. The number of hydrogen-bond donors (Lipinski definition) is 2. The van der Waals surface area contributed by atoms with Crippen molar-refractivity contribution in [2.75, 3.05) is 44.8 Å². The molecule has 2 aromatic rings. The fourth-order valence-electron chi connectivity index (χ4n) is 3.25. The van der Waals surface area contributed by atoms with Crippen LogP contribution in [0, 0.1) is 6.92 Å². The van der Waals surface area contributed by atoms with Crippen molar-refractivity contribution < 1.29 is 9.15 Å². The van der Waals surface area contributed by atoms with Crippen molar-refractivity contribution in [1.82, 2.24) is 15.6 Å². The normalized spacial score (nSPS) is 15.1. The maximum Gasteiger partial charge on any atom is 0.191 e. The molecule has 0 amide bonds. The topological polar surface area (TPSA) is 74.9 Å².